The van der Waals surface area contributed by atoms with Gasteiger partial charge in [-0.3, -0.25) is 14.9 Å². The van der Waals surface area contributed by atoms with Crippen molar-refractivity contribution >= 4 is 24.0 Å². The molecule has 2 rings (SSSR count). The number of benzene rings is 1. The Kier molecular flexibility index (Phi) is 7.92. The predicted molar refractivity (Wildman–Crippen MR) is 96.0 cm³/mol. The molecule has 1 aromatic rings. The average Bonchev–Trinajstić information content (AvgIpc) is 2.56. The fourth-order valence-electron chi connectivity index (χ4n) is 2.74. The number of carbonyl (C=O) groups is 1. The van der Waals surface area contributed by atoms with Gasteiger partial charge in [0.05, 0.1) is 24.7 Å². The smallest absolute Gasteiger partial charge is 0.286 e. The first-order valence-corrected chi connectivity index (χ1v) is 7.98. The van der Waals surface area contributed by atoms with Crippen LogP contribution in [0.4, 0.5) is 5.69 Å². The van der Waals surface area contributed by atoms with Crippen LogP contribution in [0.15, 0.2) is 12.1 Å². The fraction of sp³-hybridized carbons (Fsp3) is 0.562. The maximum atomic E-state index is 12.6. The van der Waals surface area contributed by atoms with Crippen LogP contribution >= 0.6 is 12.4 Å². The molecule has 1 amide bonds. The van der Waals surface area contributed by atoms with E-state index in [1.54, 1.807) is 6.92 Å². The summed E-state index contributed by atoms with van der Waals surface area (Å²) in [6.07, 6.45) is 0.944. The minimum Gasteiger partial charge on any atom is -0.493 e. The van der Waals surface area contributed by atoms with Gasteiger partial charge >= 0.3 is 0 Å². The lowest BCUT2D eigenvalue weighted by Gasteiger charge is -2.30. The summed E-state index contributed by atoms with van der Waals surface area (Å²) in [7, 11) is 1.43. The monoisotopic (exact) mass is 373 g/mol. The van der Waals surface area contributed by atoms with E-state index in [1.165, 1.54) is 19.2 Å². The van der Waals surface area contributed by atoms with Gasteiger partial charge in [-0.15, -0.1) is 12.4 Å². The minimum atomic E-state index is -0.584. The fourth-order valence-corrected chi connectivity index (χ4v) is 2.74. The third-order valence-corrected chi connectivity index (χ3v) is 4.17. The number of nitro groups is 1. The first kappa shape index (κ1) is 21.0. The van der Waals surface area contributed by atoms with Crippen LogP contribution in [-0.4, -0.2) is 43.7 Å². The van der Waals surface area contributed by atoms with E-state index < -0.39 is 10.8 Å². The van der Waals surface area contributed by atoms with Gasteiger partial charge in [0.1, 0.15) is 5.56 Å². The maximum Gasteiger partial charge on any atom is 0.286 e. The van der Waals surface area contributed by atoms with Gasteiger partial charge in [0.2, 0.25) is 0 Å². The highest BCUT2D eigenvalue weighted by Gasteiger charge is 2.28. The first-order chi connectivity index (χ1) is 11.5. The highest BCUT2D eigenvalue weighted by atomic mass is 35.5. The largest absolute Gasteiger partial charge is 0.493 e. The van der Waals surface area contributed by atoms with Crippen molar-refractivity contribution in [2.45, 2.75) is 26.3 Å². The van der Waals surface area contributed by atoms with E-state index in [9.17, 15) is 14.9 Å². The van der Waals surface area contributed by atoms with E-state index in [-0.39, 0.29) is 35.4 Å². The number of ether oxygens (including phenoxy) is 2. The van der Waals surface area contributed by atoms with Crippen LogP contribution in [0, 0.1) is 16.0 Å². The summed E-state index contributed by atoms with van der Waals surface area (Å²) in [5.41, 5.74) is -0.328. The highest BCUT2D eigenvalue weighted by molar-refractivity contribution is 5.99. The van der Waals surface area contributed by atoms with Crippen molar-refractivity contribution in [3.63, 3.8) is 0 Å². The van der Waals surface area contributed by atoms with Crippen LogP contribution in [0.2, 0.25) is 0 Å². The van der Waals surface area contributed by atoms with Crippen molar-refractivity contribution in [1.82, 2.24) is 10.6 Å². The minimum absolute atomic E-state index is 0. The maximum absolute atomic E-state index is 12.6. The predicted octanol–water partition coefficient (Wildman–Crippen LogP) is 2.15. The number of nitrogens with one attached hydrogen (secondary N) is 2. The molecule has 2 atom stereocenters. The molecule has 25 heavy (non-hydrogen) atoms. The van der Waals surface area contributed by atoms with Crippen LogP contribution in [-0.2, 0) is 0 Å². The average molecular weight is 374 g/mol. The van der Waals surface area contributed by atoms with Gasteiger partial charge in [0.25, 0.3) is 11.6 Å². The van der Waals surface area contributed by atoms with E-state index in [0.29, 0.717) is 24.8 Å². The molecule has 0 aliphatic carbocycles. The van der Waals surface area contributed by atoms with Gasteiger partial charge in [-0.05, 0) is 25.8 Å². The molecule has 0 radical (unpaired) electrons. The summed E-state index contributed by atoms with van der Waals surface area (Å²) < 4.78 is 10.5. The molecule has 0 bridgehead atoms. The Balaban J connectivity index is 0.00000312. The third-order valence-electron chi connectivity index (χ3n) is 4.17. The summed E-state index contributed by atoms with van der Waals surface area (Å²) >= 11 is 0. The highest BCUT2D eigenvalue weighted by Crippen LogP contribution is 2.34. The zero-order valence-electron chi connectivity index (χ0n) is 14.5. The Bertz CT molecular complexity index is 626. The van der Waals surface area contributed by atoms with E-state index in [1.807, 2.05) is 0 Å². The molecule has 1 heterocycles. The Morgan fingerprint density at radius 3 is 2.72 bits per heavy atom. The summed E-state index contributed by atoms with van der Waals surface area (Å²) in [5.74, 6) is 0.362. The van der Waals surface area contributed by atoms with Crippen molar-refractivity contribution in [2.75, 3.05) is 26.8 Å². The molecule has 1 saturated heterocycles. The second kappa shape index (κ2) is 9.43. The molecule has 140 valence electrons. The van der Waals surface area contributed by atoms with Crippen molar-refractivity contribution in [2.24, 2.45) is 5.92 Å². The molecule has 1 aromatic carbocycles. The van der Waals surface area contributed by atoms with Crippen molar-refractivity contribution in [3.05, 3.63) is 27.8 Å². The second-order valence-corrected chi connectivity index (χ2v) is 5.76. The lowest BCUT2D eigenvalue weighted by Crippen LogP contribution is -2.50. The summed E-state index contributed by atoms with van der Waals surface area (Å²) in [6.45, 7) is 5.71. The number of hydrogen-bond donors (Lipinski definition) is 2. The van der Waals surface area contributed by atoms with Gasteiger partial charge in [-0.2, -0.15) is 0 Å². The normalized spacial score (nSPS) is 19.5. The number of nitrogens with zero attached hydrogens (tertiary/aromatic N) is 1. The molecule has 2 unspecified atom stereocenters. The number of amides is 1. The lowest BCUT2D eigenvalue weighted by molar-refractivity contribution is -0.385. The standard InChI is InChI=1S/C16H23N3O5.ClH/c1-4-24-15-8-13(19(21)22)11(7-14(15)23-3)16(20)18-12-9-17-6-5-10(12)2;/h7-8,10,12,17H,4-6,9H2,1-3H3,(H,18,20);1H. The lowest BCUT2D eigenvalue weighted by atomic mass is 9.94. The topological polar surface area (TPSA) is 103 Å². The van der Waals surface area contributed by atoms with Crippen LogP contribution in [0.3, 0.4) is 0 Å². The first-order valence-electron chi connectivity index (χ1n) is 7.98. The molecule has 1 aliphatic rings. The van der Waals surface area contributed by atoms with Gasteiger partial charge < -0.3 is 20.1 Å². The summed E-state index contributed by atoms with van der Waals surface area (Å²) in [5, 5.41) is 17.5. The number of carbonyl (C=O) groups excluding carboxylic acids is 1. The van der Waals surface area contributed by atoms with E-state index in [0.717, 1.165) is 13.0 Å². The third kappa shape index (κ3) is 4.96. The van der Waals surface area contributed by atoms with Crippen LogP contribution < -0.4 is 20.1 Å². The summed E-state index contributed by atoms with van der Waals surface area (Å²) in [4.78, 5) is 23.4. The Morgan fingerprint density at radius 1 is 1.44 bits per heavy atom. The molecular weight excluding hydrogens is 350 g/mol. The number of nitro benzene ring substituents is 1. The van der Waals surface area contributed by atoms with Crippen LogP contribution in [0.5, 0.6) is 11.5 Å². The van der Waals surface area contributed by atoms with Crippen LogP contribution in [0.25, 0.3) is 0 Å². The zero-order chi connectivity index (χ0) is 17.7. The number of methoxy groups -OCH3 is 1. The number of halogens is 1. The molecule has 1 aliphatic heterocycles. The molecule has 0 saturated carbocycles. The molecule has 8 nitrogen and oxygen atoms in total. The van der Waals surface area contributed by atoms with Gasteiger partial charge in [0, 0.05) is 18.7 Å². The van der Waals surface area contributed by atoms with Crippen LogP contribution in [0.1, 0.15) is 30.6 Å². The van der Waals surface area contributed by atoms with Crippen molar-refractivity contribution in [3.8, 4) is 11.5 Å². The zero-order valence-corrected chi connectivity index (χ0v) is 15.4. The van der Waals surface area contributed by atoms with Crippen molar-refractivity contribution in [1.29, 1.82) is 0 Å². The van der Waals surface area contributed by atoms with E-state index in [2.05, 4.69) is 17.6 Å². The molecule has 1 fully saturated rings. The molecule has 9 heteroatoms. The Labute approximate surface area is 152 Å². The van der Waals surface area contributed by atoms with Crippen molar-refractivity contribution < 1.29 is 19.2 Å². The quantitative estimate of drug-likeness (QED) is 0.585. The molecule has 0 spiro atoms. The van der Waals surface area contributed by atoms with E-state index >= 15 is 0 Å². The van der Waals surface area contributed by atoms with Gasteiger partial charge in [0.15, 0.2) is 11.5 Å². The SMILES string of the molecule is CCOc1cc([N+](=O)[O-])c(C(=O)NC2CNCCC2C)cc1OC.Cl. The Hall–Kier alpha value is -2.06. The van der Waals surface area contributed by atoms with Gasteiger partial charge in [-0.1, -0.05) is 6.92 Å². The Morgan fingerprint density at radius 2 is 2.16 bits per heavy atom. The molecule has 2 N–H and O–H groups in total. The second-order valence-electron chi connectivity index (χ2n) is 5.76. The molecular formula is C16H24ClN3O5. The number of rotatable bonds is 6. The number of piperidine rings is 1. The van der Waals surface area contributed by atoms with E-state index in [4.69, 9.17) is 9.47 Å². The summed E-state index contributed by atoms with van der Waals surface area (Å²) in [6, 6.07) is 2.53. The van der Waals surface area contributed by atoms with Gasteiger partial charge in [-0.25, -0.2) is 0 Å². The molecule has 0 aromatic heterocycles. The number of hydrogen-bond acceptors (Lipinski definition) is 6.